The van der Waals surface area contributed by atoms with Crippen molar-refractivity contribution in [1.82, 2.24) is 19.6 Å². The number of hydrogen-bond donors (Lipinski definition) is 0. The summed E-state index contributed by atoms with van der Waals surface area (Å²) in [6.45, 7) is 8.49. The average Bonchev–Trinajstić information content (AvgIpc) is 3.56. The number of benzene rings is 2. The molecule has 3 amide bonds. The highest BCUT2D eigenvalue weighted by Crippen LogP contribution is 2.43. The number of morpholine rings is 1. The lowest BCUT2D eigenvalue weighted by Crippen LogP contribution is -2.48. The van der Waals surface area contributed by atoms with E-state index in [9.17, 15) is 9.59 Å². The molecule has 0 radical (unpaired) electrons. The summed E-state index contributed by atoms with van der Waals surface area (Å²) in [5, 5.41) is 0. The van der Waals surface area contributed by atoms with Crippen molar-refractivity contribution >= 4 is 24.3 Å². The molecule has 222 valence electrons. The van der Waals surface area contributed by atoms with Gasteiger partial charge < -0.3 is 29.1 Å². The maximum Gasteiger partial charge on any atom is 0.320 e. The minimum Gasteiger partial charge on any atom is -0.497 e. The molecule has 4 aliphatic heterocycles. The topological polar surface area (TPSA) is 65.6 Å². The summed E-state index contributed by atoms with van der Waals surface area (Å²) in [7, 11) is 1.67. The summed E-state index contributed by atoms with van der Waals surface area (Å²) in [5.74, 6) is 1.88. The highest BCUT2D eigenvalue weighted by atomic mass is 35.5. The van der Waals surface area contributed by atoms with Crippen molar-refractivity contribution < 1.29 is 19.1 Å². The van der Waals surface area contributed by atoms with Crippen molar-refractivity contribution in [3.05, 3.63) is 65.7 Å². The van der Waals surface area contributed by atoms with Gasteiger partial charge in [-0.2, -0.15) is 0 Å². The minimum absolute atomic E-state index is 0. The maximum absolute atomic E-state index is 13.6. The van der Waals surface area contributed by atoms with Gasteiger partial charge in [0.05, 0.1) is 25.7 Å². The molecule has 2 unspecified atom stereocenters. The van der Waals surface area contributed by atoms with Gasteiger partial charge in [0.15, 0.2) is 0 Å². The molecule has 4 aliphatic rings. The summed E-state index contributed by atoms with van der Waals surface area (Å²) in [5.41, 5.74) is 2.25. The fourth-order valence-electron chi connectivity index (χ4n) is 7.20. The number of carbonyl (C=O) groups excluding carboxylic acids is 2. The van der Waals surface area contributed by atoms with E-state index in [2.05, 4.69) is 57.2 Å². The smallest absolute Gasteiger partial charge is 0.320 e. The first kappa shape index (κ1) is 29.7. The largest absolute Gasteiger partial charge is 0.497 e. The van der Waals surface area contributed by atoms with Crippen molar-refractivity contribution in [3.8, 4) is 5.75 Å². The number of urea groups is 1. The van der Waals surface area contributed by atoms with E-state index in [4.69, 9.17) is 9.47 Å². The molecule has 8 nitrogen and oxygen atoms in total. The summed E-state index contributed by atoms with van der Waals surface area (Å²) < 4.78 is 10.7. The first-order chi connectivity index (χ1) is 19.5. The van der Waals surface area contributed by atoms with Gasteiger partial charge in [0.25, 0.3) is 0 Å². The molecule has 0 aliphatic carbocycles. The summed E-state index contributed by atoms with van der Waals surface area (Å²) in [6, 6.07) is 18.9. The molecule has 1 spiro atoms. The number of ether oxygens (including phenoxy) is 2. The highest BCUT2D eigenvalue weighted by molar-refractivity contribution is 5.85. The number of likely N-dealkylation sites (tertiary alicyclic amines) is 3. The van der Waals surface area contributed by atoms with E-state index in [1.165, 1.54) is 5.56 Å². The first-order valence-corrected chi connectivity index (χ1v) is 14.9. The Hall–Kier alpha value is -2.81. The van der Waals surface area contributed by atoms with Gasteiger partial charge in [0, 0.05) is 51.7 Å². The second kappa shape index (κ2) is 13.0. The van der Waals surface area contributed by atoms with E-state index in [-0.39, 0.29) is 23.9 Å². The van der Waals surface area contributed by atoms with Crippen LogP contribution in [0, 0.1) is 11.3 Å². The van der Waals surface area contributed by atoms with Gasteiger partial charge in [-0.3, -0.25) is 4.79 Å². The zero-order chi connectivity index (χ0) is 27.5. The molecule has 0 aromatic heterocycles. The summed E-state index contributed by atoms with van der Waals surface area (Å²) in [4.78, 5) is 35.6. The number of carbonyl (C=O) groups is 2. The van der Waals surface area contributed by atoms with Gasteiger partial charge >= 0.3 is 6.03 Å². The fraction of sp³-hybridized carbons (Fsp3) is 0.562. The van der Waals surface area contributed by atoms with Crippen LogP contribution in [0.25, 0.3) is 0 Å². The minimum atomic E-state index is -0.212. The van der Waals surface area contributed by atoms with Crippen LogP contribution in [0.1, 0.15) is 36.3 Å². The van der Waals surface area contributed by atoms with Crippen molar-refractivity contribution in [2.24, 2.45) is 11.3 Å². The van der Waals surface area contributed by atoms with E-state index >= 15 is 0 Å². The van der Waals surface area contributed by atoms with Crippen LogP contribution in [0.4, 0.5) is 4.79 Å². The normalized spacial score (nSPS) is 24.5. The van der Waals surface area contributed by atoms with Gasteiger partial charge in [-0.1, -0.05) is 42.5 Å². The third kappa shape index (κ3) is 6.35. The zero-order valence-electron chi connectivity index (χ0n) is 24.1. The van der Waals surface area contributed by atoms with E-state index in [1.807, 2.05) is 17.0 Å². The molecule has 0 N–H and O–H groups in total. The standard InChI is InChI=1S/C32H42N4O4.ClH/c1-39-28-9-7-25(8-10-28)21-35-16-13-32(30(35)37)11-14-33(15-12-32)22-27-23-36(31(38)34-17-19-40-20-18-34)24-29(27)26-5-3-2-4-6-26;/h2-10,27,29H,11-24H2,1H3;1H. The Bertz CT molecular complexity index is 1170. The lowest BCUT2D eigenvalue weighted by molar-refractivity contribution is -0.139. The molecule has 0 bridgehead atoms. The number of hydrogen-bond acceptors (Lipinski definition) is 5. The second-order valence-corrected chi connectivity index (χ2v) is 12.0. The third-order valence-corrected chi connectivity index (χ3v) is 9.66. The second-order valence-electron chi connectivity index (χ2n) is 12.0. The number of halogens is 1. The fourth-order valence-corrected chi connectivity index (χ4v) is 7.20. The van der Waals surface area contributed by atoms with E-state index in [1.54, 1.807) is 7.11 Å². The molecular formula is C32H43ClN4O4. The van der Waals surface area contributed by atoms with E-state index in [0.717, 1.165) is 69.8 Å². The maximum atomic E-state index is 13.6. The molecule has 2 aromatic carbocycles. The Morgan fingerprint density at radius 2 is 1.59 bits per heavy atom. The molecule has 9 heteroatoms. The number of piperidine rings is 1. The SMILES string of the molecule is COc1ccc(CN2CCC3(CCN(CC4CN(C(=O)N5CCOCC5)CC4c4ccccc4)CC3)C2=O)cc1.Cl. The van der Waals surface area contributed by atoms with Crippen LogP contribution in [0.2, 0.25) is 0 Å². The molecule has 2 aromatic rings. The van der Waals surface area contributed by atoms with Crippen molar-refractivity contribution in [2.45, 2.75) is 31.7 Å². The van der Waals surface area contributed by atoms with Gasteiger partial charge in [-0.25, -0.2) is 4.79 Å². The number of rotatable bonds is 6. The van der Waals surface area contributed by atoms with Gasteiger partial charge in [0.1, 0.15) is 5.75 Å². The third-order valence-electron chi connectivity index (χ3n) is 9.66. The van der Waals surface area contributed by atoms with Crippen LogP contribution in [-0.4, -0.2) is 104 Å². The molecule has 41 heavy (non-hydrogen) atoms. The van der Waals surface area contributed by atoms with Gasteiger partial charge in [0.2, 0.25) is 5.91 Å². The van der Waals surface area contributed by atoms with Crippen LogP contribution in [-0.2, 0) is 16.1 Å². The highest BCUT2D eigenvalue weighted by Gasteiger charge is 2.48. The van der Waals surface area contributed by atoms with Crippen molar-refractivity contribution in [2.75, 3.05) is 72.7 Å². The Kier molecular flexibility index (Phi) is 9.42. The molecule has 0 saturated carbocycles. The van der Waals surface area contributed by atoms with E-state index in [0.29, 0.717) is 50.6 Å². The van der Waals surface area contributed by atoms with Crippen LogP contribution >= 0.6 is 12.4 Å². The molecule has 6 rings (SSSR count). The molecular weight excluding hydrogens is 540 g/mol. The number of nitrogens with zero attached hydrogens (tertiary/aromatic N) is 4. The van der Waals surface area contributed by atoms with E-state index < -0.39 is 0 Å². The lowest BCUT2D eigenvalue weighted by Gasteiger charge is -2.39. The molecule has 4 fully saturated rings. The summed E-state index contributed by atoms with van der Waals surface area (Å²) >= 11 is 0. The van der Waals surface area contributed by atoms with Crippen LogP contribution in [0.5, 0.6) is 5.75 Å². The quantitative estimate of drug-likeness (QED) is 0.513. The van der Waals surface area contributed by atoms with Crippen molar-refractivity contribution in [1.29, 1.82) is 0 Å². The number of amides is 3. The Balaban J connectivity index is 0.00000337. The number of methoxy groups -OCH3 is 1. The zero-order valence-corrected chi connectivity index (χ0v) is 24.9. The average molecular weight is 583 g/mol. The Morgan fingerprint density at radius 1 is 0.902 bits per heavy atom. The van der Waals surface area contributed by atoms with Gasteiger partial charge in [-0.05, 0) is 61.5 Å². The lowest BCUT2D eigenvalue weighted by atomic mass is 9.76. The summed E-state index contributed by atoms with van der Waals surface area (Å²) in [6.07, 6.45) is 2.79. The predicted octanol–water partition coefficient (Wildman–Crippen LogP) is 4.10. The Labute approximate surface area is 250 Å². The van der Waals surface area contributed by atoms with Crippen LogP contribution in [0.15, 0.2) is 54.6 Å². The molecule has 2 atom stereocenters. The van der Waals surface area contributed by atoms with Crippen LogP contribution < -0.4 is 4.74 Å². The molecule has 4 heterocycles. The van der Waals surface area contributed by atoms with Gasteiger partial charge in [-0.15, -0.1) is 12.4 Å². The van der Waals surface area contributed by atoms with Crippen LogP contribution in [0.3, 0.4) is 0 Å². The Morgan fingerprint density at radius 3 is 2.27 bits per heavy atom. The van der Waals surface area contributed by atoms with Crippen molar-refractivity contribution in [3.63, 3.8) is 0 Å². The first-order valence-electron chi connectivity index (χ1n) is 14.9. The molecule has 4 saturated heterocycles. The monoisotopic (exact) mass is 582 g/mol. The predicted molar refractivity (Wildman–Crippen MR) is 160 cm³/mol.